The van der Waals surface area contributed by atoms with Gasteiger partial charge in [0, 0.05) is 27.5 Å². The first-order chi connectivity index (χ1) is 31.2. The third kappa shape index (κ3) is 4.78. The highest BCUT2D eigenvalue weighted by Gasteiger charge is 2.50. The minimum atomic E-state index is -0.617. The van der Waals surface area contributed by atoms with Gasteiger partial charge in [0.1, 0.15) is 11.2 Å². The minimum absolute atomic E-state index is 0.613. The molecule has 0 fully saturated rings. The number of furan rings is 1. The van der Waals surface area contributed by atoms with E-state index in [0.29, 0.717) is 17.5 Å². The van der Waals surface area contributed by atoms with Crippen molar-refractivity contribution in [2.45, 2.75) is 11.8 Å². The SMILES string of the molecule is c1ccc2c(c1)Cc1ccc(-c3nc(-c4ccc5oc6ccccc6c5c4)nc(-c4cccc5c4-c4ccccc4C54c5ccccc5-c5ccccc5-c5ccccc54)n3)cc1-2. The number of benzene rings is 9. The van der Waals surface area contributed by atoms with E-state index in [9.17, 15) is 0 Å². The summed E-state index contributed by atoms with van der Waals surface area (Å²) in [5.74, 6) is 1.89. The number of hydrogen-bond acceptors (Lipinski definition) is 4. The Hall–Kier alpha value is -8.21. The number of fused-ring (bicyclic) bond motifs is 18. The molecule has 3 aliphatic rings. The summed E-state index contributed by atoms with van der Waals surface area (Å²) >= 11 is 0. The van der Waals surface area contributed by atoms with Crippen LogP contribution in [0.1, 0.15) is 33.4 Å². The minimum Gasteiger partial charge on any atom is -0.456 e. The Morgan fingerprint density at radius 1 is 0.333 bits per heavy atom. The number of aromatic nitrogens is 3. The van der Waals surface area contributed by atoms with Gasteiger partial charge < -0.3 is 4.42 Å². The van der Waals surface area contributed by atoms with Gasteiger partial charge in [-0.1, -0.05) is 170 Å². The normalized spacial score (nSPS) is 13.5. The van der Waals surface area contributed by atoms with E-state index >= 15 is 0 Å². The summed E-state index contributed by atoms with van der Waals surface area (Å²) in [5, 5.41) is 2.10. The molecule has 0 amide bonds. The summed E-state index contributed by atoms with van der Waals surface area (Å²) in [6, 6.07) is 72.5. The number of hydrogen-bond donors (Lipinski definition) is 0. The van der Waals surface area contributed by atoms with E-state index in [0.717, 1.165) is 50.6 Å². The fourth-order valence-electron chi connectivity index (χ4n) is 11.2. The Labute approximate surface area is 363 Å². The maximum Gasteiger partial charge on any atom is 0.164 e. The Kier molecular flexibility index (Phi) is 7.06. The lowest BCUT2D eigenvalue weighted by atomic mass is 9.66. The second-order valence-electron chi connectivity index (χ2n) is 17.0. The molecule has 4 heteroatoms. The standard InChI is InChI=1S/C59H35N3O/c1-2-15-39-35(14-1)32-36-28-29-37(33-47(36)39)56-60-57(38-30-31-54-48(34-38)44-20-8-12-27-53(44)63-54)62-58(61-56)46-22-13-26-52-55(46)45-21-7-11-25-51(45)59(52)49-23-9-5-18-42(49)40-16-3-4-17-41(40)43-19-6-10-24-50(43)59/h1-31,33-34H,32H2. The smallest absolute Gasteiger partial charge is 0.164 e. The lowest BCUT2D eigenvalue weighted by Gasteiger charge is -2.35. The first kappa shape index (κ1) is 34.5. The fraction of sp³-hybridized carbons (Fsp3) is 0.0339. The Morgan fingerprint density at radius 2 is 0.841 bits per heavy atom. The highest BCUT2D eigenvalue weighted by atomic mass is 16.3. The molecule has 0 atom stereocenters. The Bertz CT molecular complexity index is 3680. The summed E-state index contributed by atoms with van der Waals surface area (Å²) < 4.78 is 6.27. The van der Waals surface area contributed by atoms with Crippen LogP contribution in [0.3, 0.4) is 0 Å². The Morgan fingerprint density at radius 3 is 1.59 bits per heavy atom. The van der Waals surface area contributed by atoms with E-state index in [1.54, 1.807) is 0 Å². The predicted octanol–water partition coefficient (Wildman–Crippen LogP) is 14.4. The van der Waals surface area contributed by atoms with Crippen LogP contribution in [0.4, 0.5) is 0 Å². The molecule has 63 heavy (non-hydrogen) atoms. The molecular weight excluding hydrogens is 767 g/mol. The molecule has 0 radical (unpaired) electrons. The number of rotatable bonds is 3. The van der Waals surface area contributed by atoms with Crippen LogP contribution in [0.25, 0.3) is 101 Å². The first-order valence-corrected chi connectivity index (χ1v) is 21.6. The summed E-state index contributed by atoms with van der Waals surface area (Å²) in [6.45, 7) is 0. The summed E-state index contributed by atoms with van der Waals surface area (Å²) in [7, 11) is 0. The average Bonchev–Trinajstić information content (AvgIpc) is 3.99. The second-order valence-corrected chi connectivity index (χ2v) is 17.0. The third-order valence-electron chi connectivity index (χ3n) is 13.8. The molecule has 9 aromatic carbocycles. The molecule has 0 N–H and O–H groups in total. The van der Waals surface area contributed by atoms with Crippen molar-refractivity contribution in [1.29, 1.82) is 0 Å². The molecule has 292 valence electrons. The van der Waals surface area contributed by atoms with Gasteiger partial charge in [-0.2, -0.15) is 0 Å². The van der Waals surface area contributed by atoms with E-state index in [4.69, 9.17) is 19.4 Å². The second kappa shape index (κ2) is 12.9. The lowest BCUT2D eigenvalue weighted by Crippen LogP contribution is -2.29. The van der Waals surface area contributed by atoms with Crippen molar-refractivity contribution in [3.8, 4) is 78.7 Å². The Balaban J connectivity index is 1.05. The van der Waals surface area contributed by atoms with Gasteiger partial charge in [-0.25, -0.2) is 15.0 Å². The van der Waals surface area contributed by atoms with E-state index in [-0.39, 0.29) is 0 Å². The van der Waals surface area contributed by atoms with Crippen molar-refractivity contribution in [2.24, 2.45) is 0 Å². The molecule has 14 rings (SSSR count). The van der Waals surface area contributed by atoms with Crippen molar-refractivity contribution >= 4 is 21.9 Å². The van der Waals surface area contributed by atoms with Gasteiger partial charge in [0.05, 0.1) is 5.41 Å². The van der Waals surface area contributed by atoms with Crippen molar-refractivity contribution < 1.29 is 4.42 Å². The molecule has 0 saturated carbocycles. The molecule has 2 aromatic heterocycles. The molecule has 3 aliphatic carbocycles. The molecule has 0 saturated heterocycles. The highest BCUT2D eigenvalue weighted by molar-refractivity contribution is 6.06. The number of para-hydroxylation sites is 1. The van der Waals surface area contributed by atoms with E-state index in [1.165, 1.54) is 72.3 Å². The largest absolute Gasteiger partial charge is 0.456 e. The summed E-state index contributed by atoms with van der Waals surface area (Å²) in [4.78, 5) is 16.2. The van der Waals surface area contributed by atoms with Crippen LogP contribution in [0.15, 0.2) is 205 Å². The molecule has 2 heterocycles. The van der Waals surface area contributed by atoms with Crippen LogP contribution >= 0.6 is 0 Å². The molecular formula is C59H35N3O. The van der Waals surface area contributed by atoms with Gasteiger partial charge in [0.2, 0.25) is 0 Å². The zero-order valence-electron chi connectivity index (χ0n) is 34.0. The average molecular weight is 802 g/mol. The van der Waals surface area contributed by atoms with Crippen LogP contribution in [0.5, 0.6) is 0 Å². The van der Waals surface area contributed by atoms with E-state index < -0.39 is 5.41 Å². The van der Waals surface area contributed by atoms with Gasteiger partial charge in [0.15, 0.2) is 17.5 Å². The highest BCUT2D eigenvalue weighted by Crippen LogP contribution is 2.62. The zero-order chi connectivity index (χ0) is 41.2. The van der Waals surface area contributed by atoms with Gasteiger partial charge in [-0.05, 0) is 115 Å². The van der Waals surface area contributed by atoms with Crippen molar-refractivity contribution in [2.75, 3.05) is 0 Å². The third-order valence-corrected chi connectivity index (χ3v) is 13.8. The molecule has 0 unspecified atom stereocenters. The first-order valence-electron chi connectivity index (χ1n) is 21.6. The quantitative estimate of drug-likeness (QED) is 0.179. The topological polar surface area (TPSA) is 51.8 Å². The molecule has 0 aliphatic heterocycles. The maximum atomic E-state index is 6.27. The predicted molar refractivity (Wildman–Crippen MR) is 253 cm³/mol. The van der Waals surface area contributed by atoms with Gasteiger partial charge in [-0.15, -0.1) is 0 Å². The number of nitrogens with zero attached hydrogens (tertiary/aromatic N) is 3. The zero-order valence-corrected chi connectivity index (χ0v) is 34.0. The van der Waals surface area contributed by atoms with E-state index in [2.05, 4.69) is 182 Å². The van der Waals surface area contributed by atoms with E-state index in [1.807, 2.05) is 18.2 Å². The van der Waals surface area contributed by atoms with Crippen LogP contribution in [0, 0.1) is 0 Å². The maximum absolute atomic E-state index is 6.27. The van der Waals surface area contributed by atoms with Gasteiger partial charge >= 0.3 is 0 Å². The van der Waals surface area contributed by atoms with Crippen molar-refractivity contribution in [1.82, 2.24) is 15.0 Å². The molecule has 4 nitrogen and oxygen atoms in total. The van der Waals surface area contributed by atoms with Crippen molar-refractivity contribution in [3.05, 3.63) is 234 Å². The molecule has 1 spiro atoms. The molecule has 0 bridgehead atoms. The van der Waals surface area contributed by atoms with Gasteiger partial charge in [-0.3, -0.25) is 0 Å². The molecule has 11 aromatic rings. The van der Waals surface area contributed by atoms with Crippen LogP contribution in [-0.2, 0) is 11.8 Å². The van der Waals surface area contributed by atoms with Crippen LogP contribution < -0.4 is 0 Å². The monoisotopic (exact) mass is 801 g/mol. The fourth-order valence-corrected chi connectivity index (χ4v) is 11.2. The summed E-state index contributed by atoms with van der Waals surface area (Å²) in [5.41, 5.74) is 21.4. The lowest BCUT2D eigenvalue weighted by molar-refractivity contribution is 0.669. The summed E-state index contributed by atoms with van der Waals surface area (Å²) in [6.07, 6.45) is 0.923. The van der Waals surface area contributed by atoms with Crippen molar-refractivity contribution in [3.63, 3.8) is 0 Å². The van der Waals surface area contributed by atoms with Crippen LogP contribution in [0.2, 0.25) is 0 Å². The van der Waals surface area contributed by atoms with Crippen LogP contribution in [-0.4, -0.2) is 15.0 Å². The van der Waals surface area contributed by atoms with Gasteiger partial charge in [0.25, 0.3) is 0 Å².